The van der Waals surface area contributed by atoms with Gasteiger partial charge in [0.25, 0.3) is 5.92 Å². The van der Waals surface area contributed by atoms with Crippen molar-refractivity contribution in [3.8, 4) is 5.88 Å². The van der Waals surface area contributed by atoms with Crippen molar-refractivity contribution < 1.29 is 27.8 Å². The number of fused-ring (bicyclic) bond motifs is 1. The summed E-state index contributed by atoms with van der Waals surface area (Å²) in [4.78, 5) is 6.47. The summed E-state index contributed by atoms with van der Waals surface area (Å²) in [5, 5.41) is 22.8. The summed E-state index contributed by atoms with van der Waals surface area (Å²) in [6.45, 7) is 5.37. The topological polar surface area (TPSA) is 92.6 Å². The highest BCUT2D eigenvalue weighted by Gasteiger charge is 2.45. The average Bonchev–Trinajstić information content (AvgIpc) is 3.27. The minimum absolute atomic E-state index is 0.0530. The molecule has 5 rings (SSSR count). The van der Waals surface area contributed by atoms with Crippen LogP contribution in [0, 0.1) is 18.2 Å². The second-order valence-corrected chi connectivity index (χ2v) is 9.74. The van der Waals surface area contributed by atoms with Crippen molar-refractivity contribution in [1.29, 1.82) is 0 Å². The van der Waals surface area contributed by atoms with E-state index in [1.165, 1.54) is 12.1 Å². The number of aryl methyl sites for hydroxylation is 1. The zero-order valence-electron chi connectivity index (χ0n) is 20.3. The number of alkyl halides is 2. The second-order valence-electron chi connectivity index (χ2n) is 9.74. The number of ether oxygens (including phenoxy) is 2. The number of aromatic hydroxyl groups is 1. The van der Waals surface area contributed by atoms with Gasteiger partial charge in [-0.05, 0) is 32.4 Å². The van der Waals surface area contributed by atoms with Gasteiger partial charge in [-0.3, -0.25) is 0 Å². The summed E-state index contributed by atoms with van der Waals surface area (Å²) in [6.07, 6.45) is 0.962. The van der Waals surface area contributed by atoms with Gasteiger partial charge in [-0.2, -0.15) is 13.9 Å². The highest BCUT2D eigenvalue weighted by Crippen LogP contribution is 2.43. The van der Waals surface area contributed by atoms with Crippen LogP contribution in [0.4, 0.5) is 24.7 Å². The van der Waals surface area contributed by atoms with Gasteiger partial charge >= 0.3 is 0 Å². The number of nitrogens with one attached hydrogen (secondary N) is 1. The van der Waals surface area contributed by atoms with E-state index in [9.17, 15) is 13.9 Å². The van der Waals surface area contributed by atoms with Crippen LogP contribution in [-0.2, 0) is 15.4 Å². The van der Waals surface area contributed by atoms with Crippen LogP contribution < -0.4 is 10.2 Å². The zero-order chi connectivity index (χ0) is 25.7. The maximum absolute atomic E-state index is 15.2. The predicted molar refractivity (Wildman–Crippen MR) is 128 cm³/mol. The molecule has 2 aromatic heterocycles. The van der Waals surface area contributed by atoms with Gasteiger partial charge in [0.15, 0.2) is 5.82 Å². The summed E-state index contributed by atoms with van der Waals surface area (Å²) in [7, 11) is 1.14. The fraction of sp³-hybridized carbons (Fsp3) is 0.480. The van der Waals surface area contributed by atoms with Gasteiger partial charge in [0.1, 0.15) is 23.6 Å². The first-order chi connectivity index (χ1) is 17.1. The molecule has 192 valence electrons. The van der Waals surface area contributed by atoms with Crippen LogP contribution in [0.1, 0.15) is 36.2 Å². The summed E-state index contributed by atoms with van der Waals surface area (Å²) < 4.78 is 54.0. The van der Waals surface area contributed by atoms with Crippen molar-refractivity contribution >= 4 is 22.4 Å². The zero-order valence-corrected chi connectivity index (χ0v) is 20.3. The Hall–Kier alpha value is -3.18. The lowest BCUT2D eigenvalue weighted by Gasteiger charge is -2.37. The molecule has 2 saturated heterocycles. The Balaban J connectivity index is 1.49. The normalized spacial score (nSPS) is 18.0. The number of benzene rings is 1. The van der Waals surface area contributed by atoms with E-state index in [-0.39, 0.29) is 16.9 Å². The van der Waals surface area contributed by atoms with Gasteiger partial charge in [0, 0.05) is 36.6 Å². The van der Waals surface area contributed by atoms with Crippen LogP contribution >= 0.6 is 0 Å². The number of methoxy groups -OCH3 is 1. The first-order valence-electron chi connectivity index (χ1n) is 11.8. The minimum atomic E-state index is -3.47. The van der Waals surface area contributed by atoms with E-state index < -0.39 is 30.0 Å². The van der Waals surface area contributed by atoms with Crippen molar-refractivity contribution in [3.63, 3.8) is 0 Å². The highest BCUT2D eigenvalue weighted by molar-refractivity contribution is 5.93. The third-order valence-corrected chi connectivity index (χ3v) is 7.04. The molecule has 1 spiro atoms. The summed E-state index contributed by atoms with van der Waals surface area (Å²) >= 11 is 0. The molecule has 2 aliphatic heterocycles. The number of nitrogens with zero attached hydrogens (tertiary/aromatic N) is 4. The van der Waals surface area contributed by atoms with Crippen LogP contribution in [0.5, 0.6) is 5.88 Å². The number of hydrogen-bond donors (Lipinski definition) is 2. The fourth-order valence-corrected chi connectivity index (χ4v) is 4.99. The molecule has 0 bridgehead atoms. The number of halogens is 3. The maximum atomic E-state index is 15.2. The summed E-state index contributed by atoms with van der Waals surface area (Å²) in [6, 6.07) is 4.97. The Labute approximate surface area is 206 Å². The monoisotopic (exact) mass is 503 g/mol. The molecule has 0 aliphatic carbocycles. The molecule has 2 aliphatic rings. The van der Waals surface area contributed by atoms with E-state index in [1.807, 2.05) is 0 Å². The fourth-order valence-electron chi connectivity index (χ4n) is 4.99. The van der Waals surface area contributed by atoms with Gasteiger partial charge in [-0.25, -0.2) is 9.37 Å². The standard InChI is InChI=1S/C25H28F3N5O3/c1-14(16-5-4-6-18(20(16)26)25(27,28)13-35-3)29-22-17-9-19(23(34)30-21(17)15(2)31-32-22)33-8-7-24(10-33)11-36-12-24/h4-6,9,14H,7-8,10-13H2,1-3H3,(H,29,32)(H,30,34)/t14-/m1/s1. The van der Waals surface area contributed by atoms with E-state index in [1.54, 1.807) is 19.9 Å². The van der Waals surface area contributed by atoms with E-state index in [0.29, 0.717) is 41.3 Å². The van der Waals surface area contributed by atoms with Crippen LogP contribution in [-0.4, -0.2) is 60.3 Å². The molecule has 8 nitrogen and oxygen atoms in total. The third kappa shape index (κ3) is 4.20. The van der Waals surface area contributed by atoms with Crippen molar-refractivity contribution in [2.24, 2.45) is 5.41 Å². The maximum Gasteiger partial charge on any atom is 0.298 e. The molecule has 4 heterocycles. The third-order valence-electron chi connectivity index (χ3n) is 7.04. The van der Waals surface area contributed by atoms with Crippen molar-refractivity contribution in [2.45, 2.75) is 32.2 Å². The van der Waals surface area contributed by atoms with E-state index >= 15 is 4.39 Å². The van der Waals surface area contributed by atoms with Crippen molar-refractivity contribution in [3.05, 3.63) is 46.9 Å². The molecule has 1 atom stereocenters. The van der Waals surface area contributed by atoms with E-state index in [0.717, 1.165) is 32.7 Å². The number of rotatable bonds is 7. The van der Waals surface area contributed by atoms with Crippen molar-refractivity contribution in [2.75, 3.05) is 50.2 Å². The van der Waals surface area contributed by atoms with Gasteiger partial charge in [-0.15, -0.1) is 5.10 Å². The Morgan fingerprint density at radius 3 is 2.75 bits per heavy atom. The van der Waals surface area contributed by atoms with Gasteiger partial charge in [0.2, 0.25) is 5.88 Å². The molecular weight excluding hydrogens is 475 g/mol. The molecule has 2 N–H and O–H groups in total. The lowest BCUT2D eigenvalue weighted by molar-refractivity contribution is -0.0985. The highest BCUT2D eigenvalue weighted by atomic mass is 19.3. The van der Waals surface area contributed by atoms with Crippen LogP contribution in [0.25, 0.3) is 10.9 Å². The molecule has 0 amide bonds. The van der Waals surface area contributed by atoms with E-state index in [4.69, 9.17) is 4.74 Å². The molecule has 3 aromatic rings. The molecule has 0 saturated carbocycles. The van der Waals surface area contributed by atoms with Gasteiger partial charge in [0.05, 0.1) is 30.5 Å². The number of hydrogen-bond acceptors (Lipinski definition) is 8. The number of aromatic nitrogens is 3. The average molecular weight is 504 g/mol. The Kier molecular flexibility index (Phi) is 6.16. The first-order valence-corrected chi connectivity index (χ1v) is 11.8. The Morgan fingerprint density at radius 1 is 1.31 bits per heavy atom. The van der Waals surface area contributed by atoms with Crippen molar-refractivity contribution in [1.82, 2.24) is 15.2 Å². The molecule has 1 aromatic carbocycles. The Morgan fingerprint density at radius 2 is 2.08 bits per heavy atom. The molecule has 0 unspecified atom stereocenters. The lowest BCUT2D eigenvalue weighted by atomic mass is 9.85. The Bertz CT molecular complexity index is 1300. The lowest BCUT2D eigenvalue weighted by Crippen LogP contribution is -2.44. The quantitative estimate of drug-likeness (QED) is 0.493. The molecule has 2 fully saturated rings. The number of pyridine rings is 1. The van der Waals surface area contributed by atoms with E-state index in [2.05, 4.69) is 30.1 Å². The first kappa shape index (κ1) is 24.5. The predicted octanol–water partition coefficient (Wildman–Crippen LogP) is 4.32. The van der Waals surface area contributed by atoms with Crippen LogP contribution in [0.3, 0.4) is 0 Å². The second kappa shape index (κ2) is 9.04. The van der Waals surface area contributed by atoms with Crippen LogP contribution in [0.15, 0.2) is 24.3 Å². The molecular formula is C25H28F3N5O3. The van der Waals surface area contributed by atoms with Gasteiger partial charge < -0.3 is 24.8 Å². The minimum Gasteiger partial charge on any atom is -0.492 e. The van der Waals surface area contributed by atoms with Crippen LogP contribution in [0.2, 0.25) is 0 Å². The summed E-state index contributed by atoms with van der Waals surface area (Å²) in [5.41, 5.74) is 0.966. The molecule has 11 heteroatoms. The van der Waals surface area contributed by atoms with Gasteiger partial charge in [-0.1, -0.05) is 12.1 Å². The number of anilines is 2. The molecule has 0 radical (unpaired) electrons. The largest absolute Gasteiger partial charge is 0.492 e. The SMILES string of the molecule is COCC(F)(F)c1cccc([C@@H](C)Nc2nnc(C)c3nc(O)c(N4CCC5(COC5)C4)cc23)c1F. The smallest absolute Gasteiger partial charge is 0.298 e. The molecule has 36 heavy (non-hydrogen) atoms. The summed E-state index contributed by atoms with van der Waals surface area (Å²) in [5.74, 6) is -4.27.